The molecule has 1 N–H and O–H groups in total. The molecule has 0 saturated carbocycles. The van der Waals surface area contributed by atoms with Gasteiger partial charge in [0.25, 0.3) is 0 Å². The van der Waals surface area contributed by atoms with Crippen molar-refractivity contribution in [3.8, 4) is 11.4 Å². The van der Waals surface area contributed by atoms with Crippen molar-refractivity contribution in [3.05, 3.63) is 48.5 Å². The number of aromatic nitrogens is 4. The third-order valence-corrected chi connectivity index (χ3v) is 6.15. The first-order chi connectivity index (χ1) is 13.7. The number of hydrogen-bond donors (Lipinski definition) is 1. The smallest absolute Gasteiger partial charge is 0.324 e. The van der Waals surface area contributed by atoms with Crippen molar-refractivity contribution < 1.29 is 9.63 Å². The van der Waals surface area contributed by atoms with Gasteiger partial charge in [0.2, 0.25) is 5.82 Å². The highest BCUT2D eigenvalue weighted by molar-refractivity contribution is 5.55. The van der Waals surface area contributed by atoms with Crippen molar-refractivity contribution in [2.45, 2.75) is 6.54 Å². The summed E-state index contributed by atoms with van der Waals surface area (Å²) in [5.41, 5.74) is 0.780. The van der Waals surface area contributed by atoms with Gasteiger partial charge in [-0.3, -0.25) is 4.90 Å². The van der Waals surface area contributed by atoms with Gasteiger partial charge in [0, 0.05) is 62.5 Å². The van der Waals surface area contributed by atoms with Crippen molar-refractivity contribution in [1.82, 2.24) is 24.6 Å². The van der Waals surface area contributed by atoms with Crippen molar-refractivity contribution >= 4 is 6.01 Å². The van der Waals surface area contributed by atoms with Gasteiger partial charge in [-0.05, 0) is 0 Å². The van der Waals surface area contributed by atoms with Gasteiger partial charge in [-0.1, -0.05) is 35.5 Å². The first-order valence-electron chi connectivity index (χ1n) is 9.60. The Bertz CT molecular complexity index is 955. The van der Waals surface area contributed by atoms with Gasteiger partial charge in [0.15, 0.2) is 0 Å². The van der Waals surface area contributed by atoms with Crippen LogP contribution in [0, 0.1) is 11.3 Å². The molecule has 28 heavy (non-hydrogen) atoms. The molecule has 8 heteroatoms. The Morgan fingerprint density at radius 2 is 2.07 bits per heavy atom. The van der Waals surface area contributed by atoms with Crippen LogP contribution < -0.4 is 4.90 Å². The molecule has 2 atom stereocenters. The molecule has 0 radical (unpaired) electrons. The number of aliphatic hydroxyl groups is 1. The third kappa shape index (κ3) is 2.89. The van der Waals surface area contributed by atoms with Crippen LogP contribution in [0.1, 0.15) is 5.82 Å². The lowest BCUT2D eigenvalue weighted by atomic mass is 9.82. The quantitative estimate of drug-likeness (QED) is 0.716. The monoisotopic (exact) mass is 380 g/mol. The summed E-state index contributed by atoms with van der Waals surface area (Å²) in [5, 5.41) is 14.4. The molecule has 2 aromatic heterocycles. The SMILES string of the molecule is Cn1ccnc1CN1CC2CN(c3nc(-c4ccccc4)no3)CC2(CO)C1. The molecule has 2 fully saturated rings. The molecule has 0 amide bonds. The maximum atomic E-state index is 10.2. The van der Waals surface area contributed by atoms with Crippen LogP contribution in [0.3, 0.4) is 0 Å². The summed E-state index contributed by atoms with van der Waals surface area (Å²) >= 11 is 0. The summed E-state index contributed by atoms with van der Waals surface area (Å²) in [6.07, 6.45) is 3.80. The topological polar surface area (TPSA) is 83.5 Å². The van der Waals surface area contributed by atoms with Crippen molar-refractivity contribution in [2.24, 2.45) is 18.4 Å². The highest BCUT2D eigenvalue weighted by Gasteiger charge is 2.53. The maximum Gasteiger partial charge on any atom is 0.324 e. The summed E-state index contributed by atoms with van der Waals surface area (Å²) in [5.74, 6) is 2.02. The normalized spacial score (nSPS) is 24.8. The van der Waals surface area contributed by atoms with E-state index in [9.17, 15) is 5.11 Å². The molecule has 1 aromatic carbocycles. The number of hydrogen-bond acceptors (Lipinski definition) is 7. The average molecular weight is 380 g/mol. The lowest BCUT2D eigenvalue weighted by Crippen LogP contribution is -2.37. The molecule has 3 aromatic rings. The molecule has 5 rings (SSSR count). The van der Waals surface area contributed by atoms with Gasteiger partial charge < -0.3 is 19.1 Å². The number of nitrogens with zero attached hydrogens (tertiary/aromatic N) is 6. The van der Waals surface area contributed by atoms with E-state index in [1.807, 2.05) is 49.8 Å². The molecule has 8 nitrogen and oxygen atoms in total. The van der Waals surface area contributed by atoms with Crippen LogP contribution >= 0.6 is 0 Å². The number of aliphatic hydroxyl groups excluding tert-OH is 1. The summed E-state index contributed by atoms with van der Waals surface area (Å²) in [6.45, 7) is 4.28. The lowest BCUT2D eigenvalue weighted by molar-refractivity contribution is 0.124. The highest BCUT2D eigenvalue weighted by Crippen LogP contribution is 2.43. The number of imidazole rings is 1. The minimum atomic E-state index is -0.160. The number of benzene rings is 1. The molecule has 0 aliphatic carbocycles. The minimum absolute atomic E-state index is 0.158. The van der Waals surface area contributed by atoms with E-state index in [0.717, 1.165) is 44.1 Å². The zero-order chi connectivity index (χ0) is 19.1. The zero-order valence-corrected chi connectivity index (χ0v) is 15.9. The van der Waals surface area contributed by atoms with Crippen LogP contribution in [0.25, 0.3) is 11.4 Å². The van der Waals surface area contributed by atoms with Crippen LogP contribution in [-0.2, 0) is 13.6 Å². The molecular formula is C20H24N6O2. The number of fused-ring (bicyclic) bond motifs is 1. The van der Waals surface area contributed by atoms with E-state index < -0.39 is 0 Å². The fourth-order valence-electron chi connectivity index (χ4n) is 4.58. The number of likely N-dealkylation sites (tertiary alicyclic amines) is 1. The van der Waals surface area contributed by atoms with Crippen LogP contribution in [0.5, 0.6) is 0 Å². The second-order valence-electron chi connectivity index (χ2n) is 7.99. The van der Waals surface area contributed by atoms with Gasteiger partial charge in [-0.15, -0.1) is 0 Å². The van der Waals surface area contributed by atoms with Gasteiger partial charge in [-0.25, -0.2) is 4.98 Å². The Balaban J connectivity index is 1.30. The van der Waals surface area contributed by atoms with Crippen molar-refractivity contribution in [1.29, 1.82) is 0 Å². The van der Waals surface area contributed by atoms with E-state index in [4.69, 9.17) is 4.52 Å². The Morgan fingerprint density at radius 1 is 1.21 bits per heavy atom. The van der Waals surface area contributed by atoms with E-state index in [1.165, 1.54) is 0 Å². The largest absolute Gasteiger partial charge is 0.396 e. The third-order valence-electron chi connectivity index (χ3n) is 6.15. The van der Waals surface area contributed by atoms with Gasteiger partial charge in [-0.2, -0.15) is 4.98 Å². The second-order valence-corrected chi connectivity index (χ2v) is 7.99. The van der Waals surface area contributed by atoms with Gasteiger partial charge >= 0.3 is 6.01 Å². The first kappa shape index (κ1) is 17.4. The van der Waals surface area contributed by atoms with Crippen LogP contribution in [0.4, 0.5) is 6.01 Å². The predicted molar refractivity (Wildman–Crippen MR) is 103 cm³/mol. The number of aryl methyl sites for hydroxylation is 1. The zero-order valence-electron chi connectivity index (χ0n) is 15.9. The van der Waals surface area contributed by atoms with E-state index in [0.29, 0.717) is 17.8 Å². The molecule has 2 aliphatic heterocycles. The van der Waals surface area contributed by atoms with E-state index >= 15 is 0 Å². The average Bonchev–Trinajstić information content (AvgIpc) is 3.46. The predicted octanol–water partition coefficient (Wildman–Crippen LogP) is 1.40. The molecule has 0 spiro atoms. The first-order valence-corrected chi connectivity index (χ1v) is 9.60. The summed E-state index contributed by atoms with van der Waals surface area (Å²) in [6, 6.07) is 10.4. The fraction of sp³-hybridized carbons (Fsp3) is 0.450. The van der Waals surface area contributed by atoms with Gasteiger partial charge in [0.05, 0.1) is 13.2 Å². The standard InChI is InChI=1S/C20H24N6O2/c1-24-8-7-21-17(24)11-25-9-16-10-26(13-20(16,12-25)14-27)19-22-18(23-28-19)15-5-3-2-4-6-15/h2-8,16,27H,9-14H2,1H3. The highest BCUT2D eigenvalue weighted by atomic mass is 16.5. The summed E-state index contributed by atoms with van der Waals surface area (Å²) in [7, 11) is 2.02. The van der Waals surface area contributed by atoms with Crippen molar-refractivity contribution in [2.75, 3.05) is 37.7 Å². The van der Waals surface area contributed by atoms with Crippen LogP contribution in [0.15, 0.2) is 47.2 Å². The Labute approximate surface area is 163 Å². The van der Waals surface area contributed by atoms with Crippen LogP contribution in [0.2, 0.25) is 0 Å². The number of anilines is 1. The molecule has 146 valence electrons. The minimum Gasteiger partial charge on any atom is -0.396 e. The fourth-order valence-corrected chi connectivity index (χ4v) is 4.58. The maximum absolute atomic E-state index is 10.2. The molecule has 2 saturated heterocycles. The van der Waals surface area contributed by atoms with E-state index in [1.54, 1.807) is 0 Å². The van der Waals surface area contributed by atoms with Crippen molar-refractivity contribution in [3.63, 3.8) is 0 Å². The second kappa shape index (κ2) is 6.72. The summed E-state index contributed by atoms with van der Waals surface area (Å²) < 4.78 is 7.59. The van der Waals surface area contributed by atoms with E-state index in [-0.39, 0.29) is 12.0 Å². The Kier molecular flexibility index (Phi) is 4.17. The molecule has 2 unspecified atom stereocenters. The lowest BCUT2D eigenvalue weighted by Gasteiger charge is -2.26. The van der Waals surface area contributed by atoms with E-state index in [2.05, 4.69) is 29.5 Å². The Hall–Kier alpha value is -2.71. The van der Waals surface area contributed by atoms with Crippen LogP contribution in [-0.4, -0.2) is 62.5 Å². The number of rotatable bonds is 5. The molecule has 4 heterocycles. The molecular weight excluding hydrogens is 356 g/mol. The summed E-state index contributed by atoms with van der Waals surface area (Å²) in [4.78, 5) is 13.5. The van der Waals surface area contributed by atoms with Gasteiger partial charge in [0.1, 0.15) is 5.82 Å². The molecule has 2 aliphatic rings. The Morgan fingerprint density at radius 3 is 2.79 bits per heavy atom. The molecule has 0 bridgehead atoms.